The lowest BCUT2D eigenvalue weighted by molar-refractivity contribution is -0.169. The number of nitrogens with zero attached hydrogens (tertiary/aromatic N) is 3. The van der Waals surface area contributed by atoms with E-state index in [0.29, 0.717) is 17.1 Å². The van der Waals surface area contributed by atoms with Crippen molar-refractivity contribution in [1.82, 2.24) is 14.9 Å². The van der Waals surface area contributed by atoms with E-state index in [1.54, 1.807) is 12.1 Å². The fourth-order valence-corrected chi connectivity index (χ4v) is 3.39. The van der Waals surface area contributed by atoms with Crippen LogP contribution in [0.5, 0.6) is 11.6 Å². The summed E-state index contributed by atoms with van der Waals surface area (Å²) in [4.78, 5) is 21.6. The smallest absolute Gasteiger partial charge is 0.417 e. The van der Waals surface area contributed by atoms with E-state index in [9.17, 15) is 31.1 Å². The molecule has 32 heavy (non-hydrogen) atoms. The number of carbonyl (C=O) groups excluding carboxylic acids is 1. The lowest BCUT2D eigenvalue weighted by atomic mass is 10.1. The molecule has 0 bridgehead atoms. The molecule has 168 valence electrons. The molecule has 1 aromatic carbocycles. The Balaban J connectivity index is 1.48. The highest BCUT2D eigenvalue weighted by Crippen LogP contribution is 2.34. The van der Waals surface area contributed by atoms with Crippen LogP contribution >= 0.6 is 0 Å². The number of halogens is 6. The Morgan fingerprint density at radius 3 is 2.44 bits per heavy atom. The summed E-state index contributed by atoms with van der Waals surface area (Å²) in [5, 5.41) is 0.570. The van der Waals surface area contributed by atoms with Crippen molar-refractivity contribution < 1.29 is 35.9 Å². The molecule has 0 saturated carbocycles. The lowest BCUT2D eigenvalue weighted by Crippen LogP contribution is -2.32. The van der Waals surface area contributed by atoms with Crippen LogP contribution in [0.3, 0.4) is 0 Å². The fourth-order valence-electron chi connectivity index (χ4n) is 3.39. The molecule has 5 nitrogen and oxygen atoms in total. The largest absolute Gasteiger partial charge is 0.439 e. The first-order chi connectivity index (χ1) is 15.0. The van der Waals surface area contributed by atoms with Crippen molar-refractivity contribution in [3.05, 3.63) is 59.9 Å². The second-order valence-corrected chi connectivity index (χ2v) is 7.31. The molecule has 0 N–H and O–H groups in total. The van der Waals surface area contributed by atoms with Crippen molar-refractivity contribution >= 4 is 16.8 Å². The van der Waals surface area contributed by atoms with Crippen molar-refractivity contribution in [2.75, 3.05) is 13.1 Å². The maximum Gasteiger partial charge on any atom is 0.417 e. The van der Waals surface area contributed by atoms with Gasteiger partial charge >= 0.3 is 12.4 Å². The zero-order valence-corrected chi connectivity index (χ0v) is 16.2. The average molecular weight is 455 g/mol. The molecule has 0 aliphatic carbocycles. The number of benzene rings is 1. The second kappa shape index (κ2) is 7.95. The third-order valence-electron chi connectivity index (χ3n) is 5.10. The van der Waals surface area contributed by atoms with Gasteiger partial charge in [-0.3, -0.25) is 4.79 Å². The third-order valence-corrected chi connectivity index (χ3v) is 5.10. The van der Waals surface area contributed by atoms with Gasteiger partial charge in [0.1, 0.15) is 11.4 Å². The highest BCUT2D eigenvalue weighted by Gasteiger charge is 2.44. The van der Waals surface area contributed by atoms with Crippen LogP contribution in [0, 0.1) is 5.92 Å². The maximum atomic E-state index is 12.9. The Hall–Kier alpha value is -3.37. The van der Waals surface area contributed by atoms with E-state index in [0.717, 1.165) is 17.0 Å². The number of pyridine rings is 2. The second-order valence-electron chi connectivity index (χ2n) is 7.31. The number of alkyl halides is 6. The summed E-state index contributed by atoms with van der Waals surface area (Å²) >= 11 is 0. The van der Waals surface area contributed by atoms with E-state index in [1.165, 1.54) is 18.2 Å². The van der Waals surface area contributed by atoms with E-state index >= 15 is 0 Å². The maximum absolute atomic E-state index is 12.9. The van der Waals surface area contributed by atoms with Crippen LogP contribution in [0.2, 0.25) is 0 Å². The number of aromatic nitrogens is 2. The topological polar surface area (TPSA) is 55.3 Å². The summed E-state index contributed by atoms with van der Waals surface area (Å²) in [6.45, 7) is -0.384. The molecular formula is C21H15F6N3O2. The predicted molar refractivity (Wildman–Crippen MR) is 101 cm³/mol. The van der Waals surface area contributed by atoms with Crippen LogP contribution in [-0.4, -0.2) is 40.0 Å². The number of rotatable bonds is 3. The Bertz CT molecular complexity index is 1140. The van der Waals surface area contributed by atoms with Crippen molar-refractivity contribution in [3.63, 3.8) is 0 Å². The Labute approximate surface area is 177 Å². The molecule has 0 spiro atoms. The van der Waals surface area contributed by atoms with Gasteiger partial charge in [-0.1, -0.05) is 6.07 Å². The molecule has 1 aliphatic heterocycles. The monoisotopic (exact) mass is 455 g/mol. The molecular weight excluding hydrogens is 440 g/mol. The average Bonchev–Trinajstić information content (AvgIpc) is 3.23. The normalized spacial score (nSPS) is 17.1. The summed E-state index contributed by atoms with van der Waals surface area (Å²) in [5.74, 6) is -1.86. The Kier molecular flexibility index (Phi) is 5.43. The number of hydrogen-bond donors (Lipinski definition) is 0. The van der Waals surface area contributed by atoms with Crippen LogP contribution in [-0.2, 0) is 6.18 Å². The number of amides is 1. The molecule has 1 saturated heterocycles. The molecule has 1 amide bonds. The molecule has 11 heteroatoms. The predicted octanol–water partition coefficient (Wildman–Crippen LogP) is 5.47. The van der Waals surface area contributed by atoms with Gasteiger partial charge in [-0.25, -0.2) is 9.97 Å². The molecule has 3 heterocycles. The van der Waals surface area contributed by atoms with Gasteiger partial charge in [-0.2, -0.15) is 26.3 Å². The minimum atomic E-state index is -4.50. The van der Waals surface area contributed by atoms with Gasteiger partial charge in [0.05, 0.1) is 17.0 Å². The number of fused-ring (bicyclic) bond motifs is 1. The highest BCUT2D eigenvalue weighted by atomic mass is 19.4. The van der Waals surface area contributed by atoms with Crippen LogP contribution in [0.1, 0.15) is 22.5 Å². The van der Waals surface area contributed by atoms with Crippen LogP contribution in [0.25, 0.3) is 10.9 Å². The lowest BCUT2D eigenvalue weighted by Gasteiger charge is -2.17. The molecule has 4 rings (SSSR count). The zero-order valence-electron chi connectivity index (χ0n) is 16.2. The fraction of sp³-hybridized carbons (Fsp3) is 0.286. The van der Waals surface area contributed by atoms with E-state index in [4.69, 9.17) is 4.74 Å². The van der Waals surface area contributed by atoms with E-state index in [2.05, 4.69) is 9.97 Å². The van der Waals surface area contributed by atoms with Gasteiger partial charge in [-0.15, -0.1) is 0 Å². The zero-order chi connectivity index (χ0) is 23.1. The van der Waals surface area contributed by atoms with Crippen molar-refractivity contribution in [2.24, 2.45) is 5.92 Å². The molecule has 1 unspecified atom stereocenters. The number of ether oxygens (including phenoxy) is 1. The first-order valence-electron chi connectivity index (χ1n) is 9.48. The highest BCUT2D eigenvalue weighted by molar-refractivity contribution is 5.95. The first-order valence-corrected chi connectivity index (χ1v) is 9.48. The Morgan fingerprint density at radius 1 is 1.03 bits per heavy atom. The van der Waals surface area contributed by atoms with Crippen LogP contribution in [0.15, 0.2) is 48.7 Å². The summed E-state index contributed by atoms with van der Waals surface area (Å²) in [7, 11) is 0. The van der Waals surface area contributed by atoms with Gasteiger partial charge in [0, 0.05) is 30.7 Å². The summed E-state index contributed by atoms with van der Waals surface area (Å²) < 4.78 is 81.9. The quantitative estimate of drug-likeness (QED) is 0.492. The van der Waals surface area contributed by atoms with Gasteiger partial charge < -0.3 is 9.64 Å². The van der Waals surface area contributed by atoms with Gasteiger partial charge in [0.15, 0.2) is 0 Å². The van der Waals surface area contributed by atoms with Gasteiger partial charge in [0.25, 0.3) is 5.91 Å². The Morgan fingerprint density at radius 2 is 1.81 bits per heavy atom. The van der Waals surface area contributed by atoms with Gasteiger partial charge in [0.2, 0.25) is 5.88 Å². The SMILES string of the molecule is O=C(c1ccc2cc(Oc3ccc(C(F)(F)F)cn3)ccc2n1)N1CCC(C(F)(F)F)C1. The van der Waals surface area contributed by atoms with E-state index in [-0.39, 0.29) is 30.3 Å². The number of carbonyl (C=O) groups is 1. The standard InChI is InChI=1S/C21H15F6N3O2/c22-20(23,24)13-2-6-18(28-10-13)32-15-3-5-16-12(9-15)1-4-17(29-16)19(31)30-8-7-14(11-30)21(25,26)27/h1-6,9-10,14H,7-8,11H2. The number of hydrogen-bond acceptors (Lipinski definition) is 4. The van der Waals surface area contributed by atoms with E-state index < -0.39 is 36.3 Å². The minimum Gasteiger partial charge on any atom is -0.439 e. The molecule has 1 atom stereocenters. The minimum absolute atomic E-state index is 0.00956. The summed E-state index contributed by atoms with van der Waals surface area (Å²) in [6, 6.07) is 9.52. The van der Waals surface area contributed by atoms with Crippen molar-refractivity contribution in [1.29, 1.82) is 0 Å². The van der Waals surface area contributed by atoms with Crippen LogP contribution in [0.4, 0.5) is 26.3 Å². The summed E-state index contributed by atoms with van der Waals surface area (Å²) in [6.07, 6.45) is -8.32. The first kappa shape index (κ1) is 21.8. The van der Waals surface area contributed by atoms with Gasteiger partial charge in [-0.05, 0) is 36.8 Å². The molecule has 2 aromatic heterocycles. The van der Waals surface area contributed by atoms with Crippen molar-refractivity contribution in [3.8, 4) is 11.6 Å². The summed E-state index contributed by atoms with van der Waals surface area (Å²) in [5.41, 5.74) is -0.460. The van der Waals surface area contributed by atoms with Crippen LogP contribution < -0.4 is 4.74 Å². The number of likely N-dealkylation sites (tertiary alicyclic amines) is 1. The molecule has 1 fully saturated rings. The van der Waals surface area contributed by atoms with Crippen molar-refractivity contribution in [2.45, 2.75) is 18.8 Å². The molecule has 0 radical (unpaired) electrons. The third kappa shape index (κ3) is 4.61. The molecule has 3 aromatic rings. The molecule has 1 aliphatic rings. The van der Waals surface area contributed by atoms with E-state index in [1.807, 2.05) is 0 Å².